The summed E-state index contributed by atoms with van der Waals surface area (Å²) >= 11 is 0. The van der Waals surface area contributed by atoms with Crippen LogP contribution < -0.4 is 0 Å². The number of aliphatic hydroxyl groups is 1. The molecule has 0 radical (unpaired) electrons. The second-order valence-electron chi connectivity index (χ2n) is 4.56. The van der Waals surface area contributed by atoms with Crippen molar-refractivity contribution in [3.8, 4) is 0 Å². The Morgan fingerprint density at radius 3 is 2.62 bits per heavy atom. The highest BCUT2D eigenvalue weighted by atomic mass is 16.3. The zero-order chi connectivity index (χ0) is 11.4. The molecule has 1 saturated heterocycles. The van der Waals surface area contributed by atoms with Crippen molar-refractivity contribution < 1.29 is 5.11 Å². The lowest BCUT2D eigenvalue weighted by atomic mass is 9.91. The number of nitrogens with zero attached hydrogens (tertiary/aromatic N) is 1. The lowest BCUT2D eigenvalue weighted by Crippen LogP contribution is -2.61. The van der Waals surface area contributed by atoms with Crippen LogP contribution in [0, 0.1) is 0 Å². The lowest BCUT2D eigenvalue weighted by Gasteiger charge is -2.45. The molecule has 0 spiro atoms. The van der Waals surface area contributed by atoms with Crippen LogP contribution in [0.25, 0.3) is 6.08 Å². The molecule has 1 heterocycles. The van der Waals surface area contributed by atoms with Crippen molar-refractivity contribution in [3.63, 3.8) is 0 Å². The minimum Gasteiger partial charge on any atom is -0.387 e. The molecule has 86 valence electrons. The summed E-state index contributed by atoms with van der Waals surface area (Å²) in [7, 11) is 0. The Kier molecular flexibility index (Phi) is 3.42. The molecular weight excluding hydrogens is 198 g/mol. The first kappa shape index (κ1) is 11.4. The number of rotatable bonds is 4. The molecule has 1 aliphatic heterocycles. The molecule has 0 aliphatic carbocycles. The average molecular weight is 217 g/mol. The predicted octanol–water partition coefficient (Wildman–Crippen LogP) is 2.16. The zero-order valence-electron chi connectivity index (χ0n) is 9.76. The van der Waals surface area contributed by atoms with E-state index in [1.165, 1.54) is 5.56 Å². The van der Waals surface area contributed by atoms with Crippen LogP contribution in [0.5, 0.6) is 0 Å². The van der Waals surface area contributed by atoms with Crippen LogP contribution in [0.4, 0.5) is 0 Å². The van der Waals surface area contributed by atoms with Gasteiger partial charge in [0, 0.05) is 19.6 Å². The fraction of sp³-hybridized carbons (Fsp3) is 0.429. The molecule has 1 N–H and O–H groups in total. The SMILES string of the molecule is CCC1(O)CN(CC=Cc2ccccc2)C1. The van der Waals surface area contributed by atoms with E-state index in [4.69, 9.17) is 0 Å². The van der Waals surface area contributed by atoms with Gasteiger partial charge in [0.25, 0.3) is 0 Å². The third kappa shape index (κ3) is 2.71. The van der Waals surface area contributed by atoms with Gasteiger partial charge in [-0.05, 0) is 12.0 Å². The van der Waals surface area contributed by atoms with Crippen LogP contribution in [-0.4, -0.2) is 35.2 Å². The van der Waals surface area contributed by atoms with Gasteiger partial charge in [-0.3, -0.25) is 4.90 Å². The topological polar surface area (TPSA) is 23.5 Å². The van der Waals surface area contributed by atoms with E-state index in [1.54, 1.807) is 0 Å². The van der Waals surface area contributed by atoms with Gasteiger partial charge < -0.3 is 5.11 Å². The summed E-state index contributed by atoms with van der Waals surface area (Å²) in [6, 6.07) is 10.3. The van der Waals surface area contributed by atoms with Gasteiger partial charge in [0.15, 0.2) is 0 Å². The van der Waals surface area contributed by atoms with Gasteiger partial charge in [0.2, 0.25) is 0 Å². The molecule has 0 bridgehead atoms. The van der Waals surface area contributed by atoms with E-state index >= 15 is 0 Å². The number of likely N-dealkylation sites (tertiary alicyclic amines) is 1. The zero-order valence-corrected chi connectivity index (χ0v) is 9.76. The van der Waals surface area contributed by atoms with Gasteiger partial charge in [0.1, 0.15) is 0 Å². The Morgan fingerprint density at radius 1 is 1.31 bits per heavy atom. The van der Waals surface area contributed by atoms with Crippen molar-refractivity contribution in [1.82, 2.24) is 4.90 Å². The molecule has 0 aromatic heterocycles. The van der Waals surface area contributed by atoms with Crippen molar-refractivity contribution in [2.75, 3.05) is 19.6 Å². The van der Waals surface area contributed by atoms with Crippen molar-refractivity contribution in [1.29, 1.82) is 0 Å². The predicted molar refractivity (Wildman–Crippen MR) is 67.2 cm³/mol. The molecule has 1 aliphatic rings. The first-order valence-corrected chi connectivity index (χ1v) is 5.88. The smallest absolute Gasteiger partial charge is 0.0897 e. The third-order valence-electron chi connectivity index (χ3n) is 3.17. The summed E-state index contributed by atoms with van der Waals surface area (Å²) in [4.78, 5) is 2.25. The Morgan fingerprint density at radius 2 is 2.00 bits per heavy atom. The van der Waals surface area contributed by atoms with E-state index in [1.807, 2.05) is 25.1 Å². The number of benzene rings is 1. The van der Waals surface area contributed by atoms with Crippen LogP contribution in [0.2, 0.25) is 0 Å². The van der Waals surface area contributed by atoms with Crippen LogP contribution in [0.1, 0.15) is 18.9 Å². The molecule has 0 amide bonds. The minimum atomic E-state index is -0.416. The molecule has 0 saturated carbocycles. The average Bonchev–Trinajstić information content (AvgIpc) is 2.28. The molecule has 1 aromatic rings. The van der Waals surface area contributed by atoms with Crippen LogP contribution in [0.15, 0.2) is 36.4 Å². The van der Waals surface area contributed by atoms with E-state index in [2.05, 4.69) is 29.2 Å². The molecule has 1 aromatic carbocycles. The summed E-state index contributed by atoms with van der Waals surface area (Å²) in [5, 5.41) is 9.84. The summed E-state index contributed by atoms with van der Waals surface area (Å²) in [6.07, 6.45) is 5.14. The largest absolute Gasteiger partial charge is 0.387 e. The van der Waals surface area contributed by atoms with Crippen molar-refractivity contribution in [2.45, 2.75) is 18.9 Å². The maximum absolute atomic E-state index is 9.84. The van der Waals surface area contributed by atoms with Crippen LogP contribution >= 0.6 is 0 Å². The normalized spacial score (nSPS) is 19.9. The molecule has 1 fully saturated rings. The van der Waals surface area contributed by atoms with Gasteiger partial charge in [-0.2, -0.15) is 0 Å². The second kappa shape index (κ2) is 4.81. The maximum Gasteiger partial charge on any atom is 0.0897 e. The third-order valence-corrected chi connectivity index (χ3v) is 3.17. The summed E-state index contributed by atoms with van der Waals surface area (Å²) < 4.78 is 0. The summed E-state index contributed by atoms with van der Waals surface area (Å²) in [5.41, 5.74) is 0.814. The Hall–Kier alpha value is -1.12. The van der Waals surface area contributed by atoms with E-state index < -0.39 is 5.60 Å². The van der Waals surface area contributed by atoms with Crippen LogP contribution in [0.3, 0.4) is 0 Å². The fourth-order valence-corrected chi connectivity index (χ4v) is 2.04. The van der Waals surface area contributed by atoms with E-state index in [0.717, 1.165) is 26.1 Å². The Labute approximate surface area is 97.2 Å². The molecule has 2 nitrogen and oxygen atoms in total. The van der Waals surface area contributed by atoms with Crippen molar-refractivity contribution in [2.24, 2.45) is 0 Å². The van der Waals surface area contributed by atoms with E-state index in [9.17, 15) is 5.11 Å². The van der Waals surface area contributed by atoms with Gasteiger partial charge >= 0.3 is 0 Å². The minimum absolute atomic E-state index is 0.416. The first-order chi connectivity index (χ1) is 7.72. The standard InChI is InChI=1S/C14H19NO/c1-2-14(16)11-15(12-14)10-6-9-13-7-4-3-5-8-13/h3-9,16H,2,10-12H2,1H3. The van der Waals surface area contributed by atoms with Crippen molar-refractivity contribution in [3.05, 3.63) is 42.0 Å². The number of hydrogen-bond donors (Lipinski definition) is 1. The van der Waals surface area contributed by atoms with Gasteiger partial charge in [-0.25, -0.2) is 0 Å². The second-order valence-corrected chi connectivity index (χ2v) is 4.56. The van der Waals surface area contributed by atoms with E-state index in [0.29, 0.717) is 0 Å². The quantitative estimate of drug-likeness (QED) is 0.835. The molecule has 16 heavy (non-hydrogen) atoms. The molecule has 0 atom stereocenters. The summed E-state index contributed by atoms with van der Waals surface area (Å²) in [5.74, 6) is 0. The highest BCUT2D eigenvalue weighted by molar-refractivity contribution is 5.48. The number of hydrogen-bond acceptors (Lipinski definition) is 2. The highest BCUT2D eigenvalue weighted by Crippen LogP contribution is 2.23. The van der Waals surface area contributed by atoms with Gasteiger partial charge in [-0.1, -0.05) is 49.4 Å². The molecule has 2 rings (SSSR count). The maximum atomic E-state index is 9.84. The molecular formula is C14H19NO. The number of β-amino-alcohol motifs (C(OH)–C–C–N with tert-alkyl or cyclic N) is 1. The molecule has 2 heteroatoms. The van der Waals surface area contributed by atoms with Crippen molar-refractivity contribution >= 4 is 6.08 Å². The fourth-order valence-electron chi connectivity index (χ4n) is 2.04. The van der Waals surface area contributed by atoms with Gasteiger partial charge in [-0.15, -0.1) is 0 Å². The Balaban J connectivity index is 1.76. The van der Waals surface area contributed by atoms with Crippen LogP contribution in [-0.2, 0) is 0 Å². The van der Waals surface area contributed by atoms with Gasteiger partial charge in [0.05, 0.1) is 5.60 Å². The monoisotopic (exact) mass is 217 g/mol. The Bertz CT molecular complexity index is 352. The van der Waals surface area contributed by atoms with E-state index in [-0.39, 0.29) is 0 Å². The highest BCUT2D eigenvalue weighted by Gasteiger charge is 2.38. The molecule has 0 unspecified atom stereocenters. The summed E-state index contributed by atoms with van der Waals surface area (Å²) in [6.45, 7) is 4.58. The lowest BCUT2D eigenvalue weighted by molar-refractivity contribution is -0.0943. The first-order valence-electron chi connectivity index (χ1n) is 5.88.